The lowest BCUT2D eigenvalue weighted by Gasteiger charge is -2.05. The first kappa shape index (κ1) is 32.9. The maximum Gasteiger partial charge on any atom is 0.263 e. The maximum absolute atomic E-state index is 12.1. The van der Waals surface area contributed by atoms with E-state index in [1.54, 1.807) is 24.3 Å². The molecule has 0 fully saturated rings. The van der Waals surface area contributed by atoms with Gasteiger partial charge < -0.3 is 29.0 Å². The van der Waals surface area contributed by atoms with Gasteiger partial charge in [0.15, 0.2) is 16.9 Å². The molecule has 44 heavy (non-hydrogen) atoms. The van der Waals surface area contributed by atoms with Crippen molar-refractivity contribution in [3.05, 3.63) is 125 Å². The van der Waals surface area contributed by atoms with Crippen molar-refractivity contribution in [3.8, 4) is 34.1 Å². The molecule has 0 aliphatic rings. The number of fused-ring (bicyclic) bond motifs is 2. The monoisotopic (exact) mass is 598 g/mol. The molecule has 6 rings (SSSR count). The Kier molecular flexibility index (Phi) is 10.8. The van der Waals surface area contributed by atoms with Crippen molar-refractivity contribution in [2.24, 2.45) is 0 Å². The van der Waals surface area contributed by atoms with Crippen molar-refractivity contribution in [2.45, 2.75) is 41.5 Å². The van der Waals surface area contributed by atoms with Gasteiger partial charge in [-0.1, -0.05) is 87.4 Å². The lowest BCUT2D eigenvalue weighted by atomic mass is 10.1. The molecule has 0 spiro atoms. The average Bonchev–Trinajstić information content (AvgIpc) is 3.04. The minimum Gasteiger partial charge on any atom is -0.502 e. The number of H-pyrrole nitrogens is 2. The Bertz CT molecular complexity index is 1960. The van der Waals surface area contributed by atoms with E-state index in [1.807, 2.05) is 65.8 Å². The van der Waals surface area contributed by atoms with Gasteiger partial charge in [-0.25, -0.2) is 0 Å². The summed E-state index contributed by atoms with van der Waals surface area (Å²) in [6, 6.07) is 17.0. The number of benzene rings is 2. The van der Waals surface area contributed by atoms with Gasteiger partial charge in [-0.05, 0) is 19.9 Å². The van der Waals surface area contributed by atoms with E-state index in [2.05, 4.69) is 9.97 Å². The molecule has 6 aromatic rings. The predicted molar refractivity (Wildman–Crippen MR) is 173 cm³/mol. The van der Waals surface area contributed by atoms with Crippen LogP contribution in [0.1, 0.15) is 38.8 Å². The largest absolute Gasteiger partial charge is 0.502 e. The van der Waals surface area contributed by atoms with Crippen LogP contribution in [0.3, 0.4) is 0 Å². The third kappa shape index (κ3) is 6.70. The van der Waals surface area contributed by atoms with E-state index in [-0.39, 0.29) is 33.6 Å². The highest BCUT2D eigenvalue weighted by molar-refractivity contribution is 5.81. The number of aromatic nitrogens is 2. The van der Waals surface area contributed by atoms with Crippen LogP contribution in [0.2, 0.25) is 0 Å². The van der Waals surface area contributed by atoms with E-state index >= 15 is 0 Å². The van der Waals surface area contributed by atoms with Crippen LogP contribution < -0.4 is 21.8 Å². The van der Waals surface area contributed by atoms with E-state index in [9.17, 15) is 29.4 Å². The van der Waals surface area contributed by atoms with Crippen LogP contribution >= 0.6 is 0 Å². The molecule has 0 aliphatic carbocycles. The molecule has 4 N–H and O–H groups in total. The summed E-state index contributed by atoms with van der Waals surface area (Å²) in [5, 5.41) is 19.6. The standard InChI is InChI=1S/2C15H11NO4.2C2H6/c1-8-2-4-9(5-3-8)14-13(18)12(17)11-10(20-14)6-7-16-15(11)19;1-8-2-4-9(5-3-8)14-13(19)12(18)11-10(17)6-7-16-15(11)20-14;2*1-2/h2-7,18H,1H3,(H,16,19);2-7,19H,1H3,(H,16,17);2*1-2H3. The number of nitrogens with one attached hydrogen (secondary N) is 2. The molecule has 0 bridgehead atoms. The number of pyridine rings is 2. The second-order valence-corrected chi connectivity index (χ2v) is 9.04. The summed E-state index contributed by atoms with van der Waals surface area (Å²) in [7, 11) is 0. The molecule has 2 aromatic carbocycles. The minimum atomic E-state index is -0.733. The van der Waals surface area contributed by atoms with Gasteiger partial charge in [0.2, 0.25) is 28.1 Å². The molecular weight excluding hydrogens is 564 g/mol. The first-order valence-corrected chi connectivity index (χ1v) is 14.0. The number of aryl methyl sites for hydroxylation is 2. The number of hydrogen-bond donors (Lipinski definition) is 4. The zero-order chi connectivity index (χ0) is 32.6. The van der Waals surface area contributed by atoms with Crippen molar-refractivity contribution in [1.29, 1.82) is 0 Å². The highest BCUT2D eigenvalue weighted by Crippen LogP contribution is 2.30. The van der Waals surface area contributed by atoms with Gasteiger partial charge >= 0.3 is 0 Å². The zero-order valence-corrected chi connectivity index (χ0v) is 25.3. The van der Waals surface area contributed by atoms with Crippen LogP contribution in [0.5, 0.6) is 11.5 Å². The Balaban J connectivity index is 0.000000216. The van der Waals surface area contributed by atoms with Crippen molar-refractivity contribution in [2.75, 3.05) is 0 Å². The number of aromatic hydroxyl groups is 2. The average molecular weight is 599 g/mol. The van der Waals surface area contributed by atoms with E-state index in [0.29, 0.717) is 11.1 Å². The first-order valence-electron chi connectivity index (χ1n) is 14.0. The van der Waals surface area contributed by atoms with Crippen molar-refractivity contribution >= 4 is 22.1 Å². The lowest BCUT2D eigenvalue weighted by molar-refractivity contribution is 0.447. The molecule has 10 heteroatoms. The molecule has 10 nitrogen and oxygen atoms in total. The number of hydrogen-bond acceptors (Lipinski definition) is 8. The van der Waals surface area contributed by atoms with Gasteiger partial charge in [-0.3, -0.25) is 19.2 Å². The molecule has 0 saturated heterocycles. The van der Waals surface area contributed by atoms with Crippen LogP contribution in [-0.4, -0.2) is 20.2 Å². The van der Waals surface area contributed by atoms with Gasteiger partial charge in [-0.2, -0.15) is 0 Å². The highest BCUT2D eigenvalue weighted by Gasteiger charge is 2.18. The molecule has 0 aliphatic heterocycles. The first-order chi connectivity index (χ1) is 21.2. The van der Waals surface area contributed by atoms with Crippen molar-refractivity contribution in [1.82, 2.24) is 9.97 Å². The summed E-state index contributed by atoms with van der Waals surface area (Å²) in [5.74, 6) is -1.01. The molecule has 0 radical (unpaired) electrons. The molecule has 0 atom stereocenters. The van der Waals surface area contributed by atoms with Crippen molar-refractivity contribution < 1.29 is 19.0 Å². The second kappa shape index (κ2) is 14.5. The molecule has 0 saturated carbocycles. The summed E-state index contributed by atoms with van der Waals surface area (Å²) in [6.07, 6.45) is 2.78. The SMILES string of the molecule is CC.CC.Cc1ccc(-c2oc3[nH]ccc(=O)c3c(=O)c2O)cc1.Cc1ccc(-c2oc3cc[nH]c(=O)c3c(=O)c2O)cc1. The van der Waals surface area contributed by atoms with Crippen molar-refractivity contribution in [3.63, 3.8) is 0 Å². The smallest absolute Gasteiger partial charge is 0.263 e. The molecule has 0 unspecified atom stereocenters. The number of rotatable bonds is 2. The summed E-state index contributed by atoms with van der Waals surface area (Å²) < 4.78 is 11.0. The highest BCUT2D eigenvalue weighted by atomic mass is 16.4. The van der Waals surface area contributed by atoms with Gasteiger partial charge in [0, 0.05) is 29.6 Å². The summed E-state index contributed by atoms with van der Waals surface area (Å²) in [5.41, 5.74) is 0.900. The second-order valence-electron chi connectivity index (χ2n) is 9.04. The third-order valence-corrected chi connectivity index (χ3v) is 6.20. The van der Waals surface area contributed by atoms with Crippen LogP contribution in [0.15, 0.2) is 101 Å². The Morgan fingerprint density at radius 3 is 1.55 bits per heavy atom. The number of aromatic amines is 2. The van der Waals surface area contributed by atoms with Crippen LogP contribution in [-0.2, 0) is 0 Å². The summed E-state index contributed by atoms with van der Waals surface area (Å²) in [4.78, 5) is 52.5. The summed E-state index contributed by atoms with van der Waals surface area (Å²) >= 11 is 0. The van der Waals surface area contributed by atoms with Crippen LogP contribution in [0, 0.1) is 13.8 Å². The zero-order valence-electron chi connectivity index (χ0n) is 25.3. The topological polar surface area (TPSA) is 167 Å². The Morgan fingerprint density at radius 1 is 0.568 bits per heavy atom. The quantitative estimate of drug-likeness (QED) is 0.178. The van der Waals surface area contributed by atoms with E-state index < -0.39 is 33.3 Å². The van der Waals surface area contributed by atoms with E-state index in [4.69, 9.17) is 8.83 Å². The van der Waals surface area contributed by atoms with E-state index in [0.717, 1.165) is 11.1 Å². The van der Waals surface area contributed by atoms with Crippen LogP contribution in [0.25, 0.3) is 44.7 Å². The van der Waals surface area contributed by atoms with Gasteiger partial charge in [0.05, 0.1) is 0 Å². The van der Waals surface area contributed by atoms with Gasteiger partial charge in [-0.15, -0.1) is 0 Å². The molecular formula is C34H34N2O8. The molecule has 0 amide bonds. The molecule has 4 heterocycles. The fourth-order valence-corrected chi connectivity index (χ4v) is 4.07. The van der Waals surface area contributed by atoms with E-state index in [1.165, 1.54) is 24.5 Å². The Morgan fingerprint density at radius 2 is 1.02 bits per heavy atom. The van der Waals surface area contributed by atoms with Gasteiger partial charge in [0.1, 0.15) is 16.4 Å². The third-order valence-electron chi connectivity index (χ3n) is 6.20. The normalized spacial score (nSPS) is 10.1. The minimum absolute atomic E-state index is 0.0457. The Hall–Kier alpha value is -5.64. The predicted octanol–water partition coefficient (Wildman–Crippen LogP) is 6.38. The fraction of sp³-hybridized carbons (Fsp3) is 0.176. The summed E-state index contributed by atoms with van der Waals surface area (Å²) in [6.45, 7) is 11.9. The van der Waals surface area contributed by atoms with Crippen LogP contribution in [0.4, 0.5) is 0 Å². The van der Waals surface area contributed by atoms with Gasteiger partial charge in [0.25, 0.3) is 5.56 Å². The Labute approximate surface area is 251 Å². The lowest BCUT2D eigenvalue weighted by Crippen LogP contribution is -2.15. The maximum atomic E-state index is 12.1. The fourth-order valence-electron chi connectivity index (χ4n) is 4.07. The molecule has 228 valence electrons. The molecule has 4 aromatic heterocycles.